The molecule has 0 radical (unpaired) electrons. The molecule has 0 spiro atoms. The lowest BCUT2D eigenvalue weighted by Gasteiger charge is -2.18. The summed E-state index contributed by atoms with van der Waals surface area (Å²) in [6, 6.07) is 14.4. The van der Waals surface area contributed by atoms with Crippen LogP contribution in [-0.2, 0) is 11.8 Å². The summed E-state index contributed by atoms with van der Waals surface area (Å²) < 4.78 is 1.78. The van der Waals surface area contributed by atoms with Gasteiger partial charge in [-0.1, -0.05) is 30.3 Å². The van der Waals surface area contributed by atoms with Crippen LogP contribution >= 0.6 is 0 Å². The molecule has 1 aliphatic rings. The zero-order chi connectivity index (χ0) is 20.0. The Morgan fingerprint density at radius 1 is 1.14 bits per heavy atom. The third kappa shape index (κ3) is 3.12. The molecule has 1 atom stereocenters. The van der Waals surface area contributed by atoms with Gasteiger partial charge in [0.05, 0.1) is 23.3 Å². The molecule has 0 bridgehead atoms. The van der Waals surface area contributed by atoms with Gasteiger partial charge in [-0.25, -0.2) is 0 Å². The summed E-state index contributed by atoms with van der Waals surface area (Å²) in [5.41, 5.74) is 5.79. The first-order valence-corrected chi connectivity index (χ1v) is 9.66. The number of aryl methyl sites for hydroxylation is 1. The minimum absolute atomic E-state index is 0. The maximum absolute atomic E-state index is 12.1. The van der Waals surface area contributed by atoms with E-state index in [0.717, 1.165) is 44.5 Å². The molecule has 4 aromatic rings. The van der Waals surface area contributed by atoms with Crippen LogP contribution in [0.15, 0.2) is 61.1 Å². The van der Waals surface area contributed by atoms with Crippen LogP contribution < -0.4 is 10.6 Å². The van der Waals surface area contributed by atoms with Gasteiger partial charge in [-0.05, 0) is 30.0 Å². The van der Waals surface area contributed by atoms with Crippen molar-refractivity contribution in [3.63, 3.8) is 0 Å². The number of pyridine rings is 1. The molecule has 0 fully saturated rings. The molecule has 0 saturated heterocycles. The summed E-state index contributed by atoms with van der Waals surface area (Å²) in [6.45, 7) is 2.02. The van der Waals surface area contributed by atoms with Gasteiger partial charge in [0, 0.05) is 51.3 Å². The molecular weight excluding hydrogens is 362 g/mol. The highest BCUT2D eigenvalue weighted by Crippen LogP contribution is 2.39. The van der Waals surface area contributed by atoms with Gasteiger partial charge in [-0.2, -0.15) is 5.10 Å². The second kappa shape index (κ2) is 6.74. The number of benzene rings is 2. The van der Waals surface area contributed by atoms with Crippen molar-refractivity contribution in [1.29, 1.82) is 0 Å². The number of hydrogen-bond acceptors (Lipinski definition) is 4. The fourth-order valence-corrected chi connectivity index (χ4v) is 3.93. The maximum atomic E-state index is 12.1. The summed E-state index contributed by atoms with van der Waals surface area (Å²) in [7, 11) is 1.90. The standard InChI is InChI=1S/C23H21N5O.2H2/c1-14-9-22(29)27-20-8-4-7-18(23(20)26-14)17-6-3-5-15-10-21(24-12-19(15)17)16-11-25-28(2)13-16;;/h3-8,10-14,26H,9H2,1-2H3,(H,27,29);2*1H/t14-;;/m1../s1. The van der Waals surface area contributed by atoms with Gasteiger partial charge in [0.25, 0.3) is 0 Å². The SMILES string of the molecule is C[C@@H]1CC(=O)Nc2cccc(-c3cccc4cc(-c5cnn(C)c5)ncc34)c2N1.[HH].[HH]. The number of para-hydroxylation sites is 1. The van der Waals surface area contributed by atoms with E-state index in [1.54, 1.807) is 4.68 Å². The largest absolute Gasteiger partial charge is 0.380 e. The Bertz CT molecular complexity index is 1250. The van der Waals surface area contributed by atoms with Crippen molar-refractivity contribution >= 4 is 28.1 Å². The van der Waals surface area contributed by atoms with Gasteiger partial charge in [0.2, 0.25) is 5.91 Å². The lowest BCUT2D eigenvalue weighted by Crippen LogP contribution is -2.19. The van der Waals surface area contributed by atoms with Crippen molar-refractivity contribution in [1.82, 2.24) is 14.8 Å². The Morgan fingerprint density at radius 2 is 1.97 bits per heavy atom. The molecule has 0 saturated carbocycles. The number of nitrogens with zero attached hydrogens (tertiary/aromatic N) is 3. The molecule has 2 aromatic carbocycles. The molecule has 29 heavy (non-hydrogen) atoms. The van der Waals surface area contributed by atoms with Crippen LogP contribution in [-0.4, -0.2) is 26.7 Å². The number of aromatic nitrogens is 3. The van der Waals surface area contributed by atoms with Crippen molar-refractivity contribution in [3.8, 4) is 22.4 Å². The number of rotatable bonds is 2. The number of fused-ring (bicyclic) bond motifs is 2. The van der Waals surface area contributed by atoms with E-state index in [1.807, 2.05) is 44.7 Å². The second-order valence-electron chi connectivity index (χ2n) is 7.52. The van der Waals surface area contributed by atoms with E-state index in [4.69, 9.17) is 4.98 Å². The fourth-order valence-electron chi connectivity index (χ4n) is 3.93. The van der Waals surface area contributed by atoms with Gasteiger partial charge < -0.3 is 10.6 Å². The Morgan fingerprint density at radius 3 is 2.79 bits per heavy atom. The normalized spacial score (nSPS) is 16.1. The van der Waals surface area contributed by atoms with Crippen LogP contribution in [0.4, 0.5) is 11.4 Å². The number of hydrogen-bond donors (Lipinski definition) is 2. The Hall–Kier alpha value is -3.67. The lowest BCUT2D eigenvalue weighted by atomic mass is 9.96. The molecule has 6 nitrogen and oxygen atoms in total. The minimum atomic E-state index is 0. The number of carbonyl (C=O) groups is 1. The molecule has 0 aliphatic carbocycles. The Kier molecular flexibility index (Phi) is 4.05. The highest BCUT2D eigenvalue weighted by atomic mass is 16.1. The molecule has 1 amide bonds. The monoisotopic (exact) mass is 387 g/mol. The third-order valence-electron chi connectivity index (χ3n) is 5.28. The molecular formula is C23H25N5O. The summed E-state index contributed by atoms with van der Waals surface area (Å²) >= 11 is 0. The molecule has 1 aliphatic heterocycles. The smallest absolute Gasteiger partial charge is 0.226 e. The average molecular weight is 387 g/mol. The number of amides is 1. The summed E-state index contributed by atoms with van der Waals surface area (Å²) in [6.07, 6.45) is 6.15. The molecule has 148 valence electrons. The van der Waals surface area contributed by atoms with E-state index >= 15 is 0 Å². The van der Waals surface area contributed by atoms with Crippen LogP contribution in [0.2, 0.25) is 0 Å². The first kappa shape index (κ1) is 17.4. The van der Waals surface area contributed by atoms with E-state index < -0.39 is 0 Å². The highest BCUT2D eigenvalue weighted by molar-refractivity contribution is 6.05. The van der Waals surface area contributed by atoms with Gasteiger partial charge in [0.15, 0.2) is 0 Å². The topological polar surface area (TPSA) is 71.8 Å². The summed E-state index contributed by atoms with van der Waals surface area (Å²) in [5, 5.41) is 12.9. The van der Waals surface area contributed by atoms with E-state index in [1.165, 1.54) is 0 Å². The van der Waals surface area contributed by atoms with Crippen molar-refractivity contribution in [2.45, 2.75) is 19.4 Å². The molecule has 2 N–H and O–H groups in total. The van der Waals surface area contributed by atoms with Crippen LogP contribution in [0.1, 0.15) is 16.2 Å². The van der Waals surface area contributed by atoms with Gasteiger partial charge in [0.1, 0.15) is 0 Å². The van der Waals surface area contributed by atoms with Gasteiger partial charge >= 0.3 is 0 Å². The van der Waals surface area contributed by atoms with E-state index in [2.05, 4.69) is 46.1 Å². The molecule has 3 heterocycles. The number of nitrogens with one attached hydrogen (secondary N) is 2. The molecule has 6 heteroatoms. The number of carbonyl (C=O) groups excluding carboxylic acids is 1. The van der Waals surface area contributed by atoms with Crippen molar-refractivity contribution < 1.29 is 7.65 Å². The van der Waals surface area contributed by atoms with E-state index in [9.17, 15) is 4.79 Å². The molecule has 5 rings (SSSR count). The van der Waals surface area contributed by atoms with Crippen molar-refractivity contribution in [3.05, 3.63) is 61.1 Å². The fraction of sp³-hybridized carbons (Fsp3) is 0.174. The van der Waals surface area contributed by atoms with Gasteiger partial charge in [-0.15, -0.1) is 0 Å². The summed E-state index contributed by atoms with van der Waals surface area (Å²) in [4.78, 5) is 16.8. The van der Waals surface area contributed by atoms with Crippen molar-refractivity contribution in [2.75, 3.05) is 10.6 Å². The van der Waals surface area contributed by atoms with Gasteiger partial charge in [-0.3, -0.25) is 14.5 Å². The highest BCUT2D eigenvalue weighted by Gasteiger charge is 2.21. The molecule has 0 unspecified atom stereocenters. The predicted molar refractivity (Wildman–Crippen MR) is 120 cm³/mol. The van der Waals surface area contributed by atoms with Crippen molar-refractivity contribution in [2.24, 2.45) is 7.05 Å². The van der Waals surface area contributed by atoms with E-state index in [0.29, 0.717) is 6.42 Å². The second-order valence-corrected chi connectivity index (χ2v) is 7.52. The average Bonchev–Trinajstić information content (AvgIpc) is 3.08. The van der Waals surface area contributed by atoms with Crippen LogP contribution in [0.25, 0.3) is 33.2 Å². The zero-order valence-corrected chi connectivity index (χ0v) is 16.3. The molecule has 2 aromatic heterocycles. The van der Waals surface area contributed by atoms with E-state index in [-0.39, 0.29) is 14.8 Å². The zero-order valence-electron chi connectivity index (χ0n) is 16.3. The predicted octanol–water partition coefficient (Wildman–Crippen LogP) is 4.94. The third-order valence-corrected chi connectivity index (χ3v) is 5.28. The van der Waals surface area contributed by atoms with Crippen LogP contribution in [0, 0.1) is 0 Å². The minimum Gasteiger partial charge on any atom is -0.380 e. The first-order chi connectivity index (χ1) is 14.1. The Balaban J connectivity index is 0.00000136. The number of anilines is 2. The first-order valence-electron chi connectivity index (χ1n) is 9.66. The lowest BCUT2D eigenvalue weighted by molar-refractivity contribution is -0.116. The van der Waals surface area contributed by atoms with Crippen LogP contribution in [0.5, 0.6) is 0 Å². The maximum Gasteiger partial charge on any atom is 0.226 e. The Labute approximate surface area is 171 Å². The van der Waals surface area contributed by atoms with Crippen LogP contribution in [0.3, 0.4) is 0 Å². The quantitative estimate of drug-likeness (QED) is 0.511. The summed E-state index contributed by atoms with van der Waals surface area (Å²) in [5.74, 6) is 0.0293.